The third-order valence-electron chi connectivity index (χ3n) is 6.83. The number of para-hydroxylation sites is 2. The summed E-state index contributed by atoms with van der Waals surface area (Å²) in [6.07, 6.45) is 1.02. The Hall–Kier alpha value is -4.37. The monoisotopic (exact) mass is 528 g/mol. The van der Waals surface area contributed by atoms with Gasteiger partial charge in [0, 0.05) is 23.1 Å². The second-order valence-electron chi connectivity index (χ2n) is 9.32. The fraction of sp³-hybridized carbons (Fsp3) is 0.300. The molecular weight excluding hydrogens is 496 g/mol. The van der Waals surface area contributed by atoms with Crippen molar-refractivity contribution in [2.45, 2.75) is 32.4 Å². The molecular formula is C30H32N4O5. The number of aromatic nitrogens is 2. The number of amidine groups is 1. The normalized spacial score (nSPS) is 14.9. The molecule has 0 bridgehead atoms. The average molecular weight is 529 g/mol. The molecule has 3 N–H and O–H groups in total. The highest BCUT2D eigenvalue weighted by atomic mass is 16.5. The second-order valence-corrected chi connectivity index (χ2v) is 9.32. The van der Waals surface area contributed by atoms with Gasteiger partial charge >= 0.3 is 5.97 Å². The lowest BCUT2D eigenvalue weighted by molar-refractivity contribution is -0.142. The van der Waals surface area contributed by atoms with E-state index in [1.54, 1.807) is 20.1 Å². The molecule has 0 spiro atoms. The molecule has 0 aliphatic carbocycles. The van der Waals surface area contributed by atoms with Crippen molar-refractivity contribution < 1.29 is 23.7 Å². The summed E-state index contributed by atoms with van der Waals surface area (Å²) in [7, 11) is 1.58. The van der Waals surface area contributed by atoms with Crippen LogP contribution in [-0.4, -0.2) is 48.5 Å². The van der Waals surface area contributed by atoms with E-state index in [-0.39, 0.29) is 30.9 Å². The molecule has 1 atom stereocenters. The Morgan fingerprint density at radius 1 is 1.18 bits per heavy atom. The Kier molecular flexibility index (Phi) is 7.79. The smallest absolute Gasteiger partial charge is 0.310 e. The molecule has 9 heteroatoms. The lowest BCUT2D eigenvalue weighted by Gasteiger charge is -2.14. The summed E-state index contributed by atoms with van der Waals surface area (Å²) < 4.78 is 24.7. The van der Waals surface area contributed by atoms with Crippen LogP contribution in [0.4, 0.5) is 0 Å². The van der Waals surface area contributed by atoms with Gasteiger partial charge in [-0.2, -0.15) is 5.10 Å². The summed E-state index contributed by atoms with van der Waals surface area (Å²) in [4.78, 5) is 12.1. The molecule has 202 valence electrons. The summed E-state index contributed by atoms with van der Waals surface area (Å²) in [6, 6.07) is 19.3. The summed E-state index contributed by atoms with van der Waals surface area (Å²) in [5.41, 5.74) is 10.6. The highest BCUT2D eigenvalue weighted by molar-refractivity contribution is 6.00. The largest absolute Gasteiger partial charge is 0.495 e. The lowest BCUT2D eigenvalue weighted by atomic mass is 9.99. The quantitative estimate of drug-likeness (QED) is 0.175. The Bertz CT molecular complexity index is 1510. The van der Waals surface area contributed by atoms with Gasteiger partial charge in [0.25, 0.3) is 0 Å². The van der Waals surface area contributed by atoms with Crippen LogP contribution in [0.5, 0.6) is 11.5 Å². The minimum atomic E-state index is -0.295. The standard InChI is InChI=1S/C30H32N4O5/c1-3-38-28(35)16-20-7-4-5-10-27(20)39-18-25-24-15-19(22-8-6-9-23(30(31)32)29(22)36-2)11-12-26(24)34(33-25)21-13-14-37-17-21/h4-12,15,21H,3,13-14,16-18H2,1-2H3,(H3,31,32). The highest BCUT2D eigenvalue weighted by Crippen LogP contribution is 2.36. The van der Waals surface area contributed by atoms with Crippen molar-refractivity contribution in [2.24, 2.45) is 5.73 Å². The molecule has 0 radical (unpaired) electrons. The third kappa shape index (κ3) is 5.44. The third-order valence-corrected chi connectivity index (χ3v) is 6.83. The van der Waals surface area contributed by atoms with E-state index >= 15 is 0 Å². The number of fused-ring (bicyclic) bond motifs is 1. The number of ether oxygens (including phenoxy) is 4. The highest BCUT2D eigenvalue weighted by Gasteiger charge is 2.24. The van der Waals surface area contributed by atoms with E-state index in [0.717, 1.165) is 39.7 Å². The molecule has 1 aromatic heterocycles. The zero-order chi connectivity index (χ0) is 27.4. The van der Waals surface area contributed by atoms with E-state index < -0.39 is 0 Å². The average Bonchev–Trinajstić information content (AvgIpc) is 3.60. The number of nitrogens with one attached hydrogen (secondary N) is 1. The maximum absolute atomic E-state index is 12.1. The predicted octanol–water partition coefficient (Wildman–Crippen LogP) is 4.64. The van der Waals surface area contributed by atoms with Crippen molar-refractivity contribution in [1.82, 2.24) is 9.78 Å². The van der Waals surface area contributed by atoms with Gasteiger partial charge in [-0.1, -0.05) is 36.4 Å². The first-order chi connectivity index (χ1) is 19.0. The lowest BCUT2D eigenvalue weighted by Crippen LogP contribution is -2.12. The number of nitrogens with two attached hydrogens (primary N) is 1. The zero-order valence-corrected chi connectivity index (χ0v) is 22.1. The van der Waals surface area contributed by atoms with Crippen molar-refractivity contribution in [1.29, 1.82) is 5.41 Å². The Morgan fingerprint density at radius 2 is 2.03 bits per heavy atom. The molecule has 2 heterocycles. The van der Waals surface area contributed by atoms with Gasteiger partial charge in [0.1, 0.15) is 29.6 Å². The molecule has 1 aliphatic heterocycles. The fourth-order valence-corrected chi connectivity index (χ4v) is 4.97. The molecule has 1 fully saturated rings. The number of hydrogen-bond acceptors (Lipinski definition) is 7. The first-order valence-electron chi connectivity index (χ1n) is 13.0. The number of nitrogens with zero attached hydrogens (tertiary/aromatic N) is 2. The molecule has 5 rings (SSSR count). The Labute approximate surface area is 226 Å². The molecule has 3 aromatic carbocycles. The molecule has 1 aliphatic rings. The minimum absolute atomic E-state index is 0.0561. The van der Waals surface area contributed by atoms with Gasteiger partial charge < -0.3 is 24.7 Å². The SMILES string of the molecule is CCOC(=O)Cc1ccccc1OCc1nn(C2CCOC2)c2ccc(-c3cccc(C(=N)N)c3OC)cc12. The van der Waals surface area contributed by atoms with Crippen molar-refractivity contribution in [3.05, 3.63) is 77.5 Å². The van der Waals surface area contributed by atoms with Crippen molar-refractivity contribution in [3.8, 4) is 22.6 Å². The van der Waals surface area contributed by atoms with Gasteiger partial charge in [-0.15, -0.1) is 0 Å². The number of benzene rings is 3. The number of nitrogen functional groups attached to an aromatic ring is 1. The maximum atomic E-state index is 12.1. The van der Waals surface area contributed by atoms with Gasteiger partial charge in [0.05, 0.1) is 43.9 Å². The van der Waals surface area contributed by atoms with Crippen molar-refractivity contribution in [2.75, 3.05) is 26.9 Å². The van der Waals surface area contributed by atoms with Crippen LogP contribution in [-0.2, 0) is 27.3 Å². The number of carbonyl (C=O) groups is 1. The first kappa shape index (κ1) is 26.2. The topological polar surface area (TPSA) is 122 Å². The van der Waals surface area contributed by atoms with E-state index in [4.69, 9.17) is 35.2 Å². The van der Waals surface area contributed by atoms with Gasteiger partial charge in [-0.3, -0.25) is 14.9 Å². The van der Waals surface area contributed by atoms with E-state index in [1.807, 2.05) is 53.2 Å². The van der Waals surface area contributed by atoms with Crippen LogP contribution in [0.25, 0.3) is 22.0 Å². The van der Waals surface area contributed by atoms with Gasteiger partial charge in [-0.05, 0) is 43.2 Å². The Balaban J connectivity index is 1.53. The molecule has 0 amide bonds. The molecule has 1 saturated heterocycles. The Morgan fingerprint density at radius 3 is 2.77 bits per heavy atom. The number of methoxy groups -OCH3 is 1. The fourth-order valence-electron chi connectivity index (χ4n) is 4.97. The minimum Gasteiger partial charge on any atom is -0.495 e. The van der Waals surface area contributed by atoms with Crippen LogP contribution in [0.15, 0.2) is 60.7 Å². The van der Waals surface area contributed by atoms with Crippen LogP contribution in [0.2, 0.25) is 0 Å². The van der Waals surface area contributed by atoms with Crippen LogP contribution < -0.4 is 15.2 Å². The van der Waals surface area contributed by atoms with Crippen LogP contribution in [0.3, 0.4) is 0 Å². The molecule has 0 saturated carbocycles. The molecule has 9 nitrogen and oxygen atoms in total. The van der Waals surface area contributed by atoms with E-state index in [1.165, 1.54) is 0 Å². The van der Waals surface area contributed by atoms with Gasteiger partial charge in [-0.25, -0.2) is 0 Å². The van der Waals surface area contributed by atoms with Gasteiger partial charge in [0.2, 0.25) is 0 Å². The zero-order valence-electron chi connectivity index (χ0n) is 22.1. The van der Waals surface area contributed by atoms with Crippen LogP contribution in [0.1, 0.15) is 36.2 Å². The first-order valence-corrected chi connectivity index (χ1v) is 13.0. The summed E-state index contributed by atoms with van der Waals surface area (Å²) in [6.45, 7) is 3.64. The summed E-state index contributed by atoms with van der Waals surface area (Å²) in [5.74, 6) is 0.811. The van der Waals surface area contributed by atoms with E-state index in [0.29, 0.717) is 36.9 Å². The van der Waals surface area contributed by atoms with Crippen molar-refractivity contribution >= 4 is 22.7 Å². The molecule has 4 aromatic rings. The van der Waals surface area contributed by atoms with Crippen LogP contribution in [0, 0.1) is 5.41 Å². The van der Waals surface area contributed by atoms with E-state index in [9.17, 15) is 4.79 Å². The van der Waals surface area contributed by atoms with Crippen molar-refractivity contribution in [3.63, 3.8) is 0 Å². The number of esters is 1. The number of hydrogen-bond donors (Lipinski definition) is 2. The summed E-state index contributed by atoms with van der Waals surface area (Å²) >= 11 is 0. The predicted molar refractivity (Wildman–Crippen MR) is 148 cm³/mol. The van der Waals surface area contributed by atoms with Gasteiger partial charge in [0.15, 0.2) is 0 Å². The molecule has 1 unspecified atom stereocenters. The van der Waals surface area contributed by atoms with Crippen LogP contribution >= 0.6 is 0 Å². The second kappa shape index (κ2) is 11.6. The maximum Gasteiger partial charge on any atom is 0.310 e. The van der Waals surface area contributed by atoms with E-state index in [2.05, 4.69) is 6.07 Å². The summed E-state index contributed by atoms with van der Waals surface area (Å²) in [5, 5.41) is 13.9. The number of carbonyl (C=O) groups excluding carboxylic acids is 1. The number of rotatable bonds is 10. The molecule has 39 heavy (non-hydrogen) atoms.